The third kappa shape index (κ3) is 5.71. The lowest BCUT2D eigenvalue weighted by Gasteiger charge is -2.28. The van der Waals surface area contributed by atoms with Crippen LogP contribution < -0.4 is 15.1 Å². The normalized spacial score (nSPS) is 17.7. The van der Waals surface area contributed by atoms with E-state index in [1.54, 1.807) is 13.8 Å². The van der Waals surface area contributed by atoms with Crippen molar-refractivity contribution in [3.63, 3.8) is 0 Å². The average Bonchev–Trinajstić information content (AvgIpc) is 3.14. The number of hydrazone groups is 1. The van der Waals surface area contributed by atoms with Gasteiger partial charge in [-0.2, -0.15) is 15.1 Å². The molecule has 0 amide bonds. The maximum absolute atomic E-state index is 9.94. The molecule has 31 heavy (non-hydrogen) atoms. The Kier molecular flexibility index (Phi) is 6.38. The average molecular weight is 426 g/mol. The Labute approximate surface area is 183 Å². The topological polar surface area (TPSA) is 92.1 Å². The highest BCUT2D eigenvalue weighted by Gasteiger charge is 2.19. The first-order chi connectivity index (χ1) is 14.9. The summed E-state index contributed by atoms with van der Waals surface area (Å²) in [5.74, 6) is 1.37. The number of nitrogens with one attached hydrogen (secondary N) is 1. The maximum atomic E-state index is 9.94. The van der Waals surface area contributed by atoms with Crippen LogP contribution in [0.2, 0.25) is 0 Å². The zero-order valence-electron chi connectivity index (χ0n) is 18.5. The monoisotopic (exact) mass is 425 g/mol. The fourth-order valence-corrected chi connectivity index (χ4v) is 3.69. The first kappa shape index (κ1) is 21.5. The van der Waals surface area contributed by atoms with Gasteiger partial charge in [0.05, 0.1) is 31.1 Å². The summed E-state index contributed by atoms with van der Waals surface area (Å²) in [5.41, 5.74) is 7.12. The number of ether oxygens (including phenoxy) is 2. The third-order valence-corrected chi connectivity index (χ3v) is 5.49. The van der Waals surface area contributed by atoms with E-state index in [9.17, 15) is 5.11 Å². The Bertz CT molecular complexity index is 949. The van der Waals surface area contributed by atoms with Crippen molar-refractivity contribution < 1.29 is 14.6 Å². The Morgan fingerprint density at radius 1 is 1.19 bits per heavy atom. The van der Waals surface area contributed by atoms with E-state index in [1.165, 1.54) is 16.7 Å². The van der Waals surface area contributed by atoms with E-state index in [2.05, 4.69) is 50.5 Å². The Hall–Kier alpha value is -2.71. The van der Waals surface area contributed by atoms with Gasteiger partial charge in [-0.3, -0.25) is 5.43 Å². The highest BCUT2D eigenvalue weighted by atomic mass is 16.5. The van der Waals surface area contributed by atoms with E-state index < -0.39 is 5.60 Å². The molecule has 0 spiro atoms. The number of morpholine rings is 1. The standard InChI is InChI=1S/C23H31N5O3/c1-16-4-5-17-6-7-19(18(17)14-16)26-27-20-15-21(28-9-12-30-13-10-28)25-22(24-20)31-11-8-23(2,3)29/h4-5,14-15,29H,6-13H2,1-3H3,(H,24,25,27)/b26-19-. The van der Waals surface area contributed by atoms with Crippen LogP contribution in [0, 0.1) is 6.92 Å². The Balaban J connectivity index is 1.54. The second-order valence-electron chi connectivity index (χ2n) is 8.74. The molecule has 1 aromatic carbocycles. The zero-order valence-corrected chi connectivity index (χ0v) is 18.5. The maximum Gasteiger partial charge on any atom is 0.320 e. The molecule has 2 N–H and O–H groups in total. The van der Waals surface area contributed by atoms with Crippen molar-refractivity contribution in [3.8, 4) is 6.01 Å². The highest BCUT2D eigenvalue weighted by Crippen LogP contribution is 2.25. The summed E-state index contributed by atoms with van der Waals surface area (Å²) in [6.07, 6.45) is 2.39. The van der Waals surface area contributed by atoms with E-state index in [0.717, 1.165) is 37.5 Å². The molecule has 0 unspecified atom stereocenters. The molecule has 166 valence electrons. The van der Waals surface area contributed by atoms with Crippen LogP contribution in [-0.2, 0) is 11.2 Å². The molecule has 1 aliphatic heterocycles. The summed E-state index contributed by atoms with van der Waals surface area (Å²) in [6, 6.07) is 8.69. The summed E-state index contributed by atoms with van der Waals surface area (Å²) in [5, 5.41) is 14.6. The zero-order chi connectivity index (χ0) is 21.8. The molecular weight excluding hydrogens is 394 g/mol. The molecule has 2 aromatic rings. The van der Waals surface area contributed by atoms with Gasteiger partial charge < -0.3 is 19.5 Å². The van der Waals surface area contributed by atoms with E-state index >= 15 is 0 Å². The molecular formula is C23H31N5O3. The van der Waals surface area contributed by atoms with Gasteiger partial charge in [-0.25, -0.2) is 0 Å². The van der Waals surface area contributed by atoms with Crippen LogP contribution in [0.25, 0.3) is 0 Å². The van der Waals surface area contributed by atoms with Gasteiger partial charge in [0.1, 0.15) is 5.82 Å². The van der Waals surface area contributed by atoms with Crippen LogP contribution >= 0.6 is 0 Å². The van der Waals surface area contributed by atoms with Crippen molar-refractivity contribution in [2.24, 2.45) is 5.10 Å². The molecule has 8 nitrogen and oxygen atoms in total. The molecule has 1 aromatic heterocycles. The van der Waals surface area contributed by atoms with Crippen molar-refractivity contribution in [2.75, 3.05) is 43.2 Å². The minimum atomic E-state index is -0.803. The molecule has 1 aliphatic carbocycles. The van der Waals surface area contributed by atoms with Crippen LogP contribution in [0.4, 0.5) is 11.6 Å². The summed E-state index contributed by atoms with van der Waals surface area (Å²) in [7, 11) is 0. The molecule has 2 heterocycles. The number of benzene rings is 1. The van der Waals surface area contributed by atoms with Gasteiger partial charge >= 0.3 is 6.01 Å². The van der Waals surface area contributed by atoms with Gasteiger partial charge in [0, 0.05) is 31.1 Å². The predicted molar refractivity (Wildman–Crippen MR) is 121 cm³/mol. The summed E-state index contributed by atoms with van der Waals surface area (Å²) in [4.78, 5) is 11.2. The van der Waals surface area contributed by atoms with E-state index in [4.69, 9.17) is 9.47 Å². The molecule has 8 heteroatoms. The van der Waals surface area contributed by atoms with E-state index in [-0.39, 0.29) is 6.01 Å². The lowest BCUT2D eigenvalue weighted by molar-refractivity contribution is 0.0539. The number of rotatable bonds is 7. The molecule has 0 bridgehead atoms. The van der Waals surface area contributed by atoms with Crippen LogP contribution in [-0.4, -0.2) is 59.3 Å². The number of fused-ring (bicyclic) bond motifs is 1. The lowest BCUT2D eigenvalue weighted by atomic mass is 10.1. The van der Waals surface area contributed by atoms with Crippen molar-refractivity contribution in [1.82, 2.24) is 9.97 Å². The largest absolute Gasteiger partial charge is 0.463 e. The van der Waals surface area contributed by atoms with Crippen molar-refractivity contribution in [2.45, 2.75) is 45.6 Å². The van der Waals surface area contributed by atoms with Gasteiger partial charge in [-0.1, -0.05) is 17.7 Å². The van der Waals surface area contributed by atoms with Gasteiger partial charge in [0.25, 0.3) is 0 Å². The number of hydrogen-bond acceptors (Lipinski definition) is 8. The van der Waals surface area contributed by atoms with E-state index in [0.29, 0.717) is 32.1 Å². The van der Waals surface area contributed by atoms with Crippen molar-refractivity contribution in [1.29, 1.82) is 0 Å². The molecule has 0 atom stereocenters. The number of hydrogen-bond donors (Lipinski definition) is 2. The van der Waals surface area contributed by atoms with Gasteiger partial charge in [0.15, 0.2) is 5.82 Å². The van der Waals surface area contributed by atoms with Gasteiger partial charge in [-0.15, -0.1) is 0 Å². The first-order valence-electron chi connectivity index (χ1n) is 10.9. The Morgan fingerprint density at radius 3 is 2.77 bits per heavy atom. The highest BCUT2D eigenvalue weighted by molar-refractivity contribution is 6.04. The number of aliphatic hydroxyl groups is 1. The predicted octanol–water partition coefficient (Wildman–Crippen LogP) is 2.92. The second-order valence-corrected chi connectivity index (χ2v) is 8.74. The molecule has 1 saturated heterocycles. The molecule has 1 fully saturated rings. The fourth-order valence-electron chi connectivity index (χ4n) is 3.69. The minimum absolute atomic E-state index is 0.276. The molecule has 4 rings (SSSR count). The summed E-state index contributed by atoms with van der Waals surface area (Å²) < 4.78 is 11.2. The second kappa shape index (κ2) is 9.20. The Morgan fingerprint density at radius 2 is 2.00 bits per heavy atom. The van der Waals surface area contributed by atoms with Gasteiger partial charge in [-0.05, 0) is 45.2 Å². The molecule has 0 saturated carbocycles. The summed E-state index contributed by atoms with van der Waals surface area (Å²) in [6.45, 7) is 8.80. The van der Waals surface area contributed by atoms with Crippen molar-refractivity contribution in [3.05, 3.63) is 41.0 Å². The number of anilines is 2. The SMILES string of the molecule is Cc1ccc2c(c1)/C(=N\Nc1cc(N3CCOCC3)nc(OCCC(C)(C)O)n1)CC2. The first-order valence-corrected chi connectivity index (χ1v) is 10.9. The number of nitrogens with zero attached hydrogens (tertiary/aromatic N) is 4. The van der Waals surface area contributed by atoms with Crippen LogP contribution in [0.3, 0.4) is 0 Å². The van der Waals surface area contributed by atoms with E-state index in [1.807, 2.05) is 6.07 Å². The number of aromatic nitrogens is 2. The summed E-state index contributed by atoms with van der Waals surface area (Å²) >= 11 is 0. The van der Waals surface area contributed by atoms with Crippen molar-refractivity contribution >= 4 is 17.3 Å². The number of aryl methyl sites for hydroxylation is 2. The minimum Gasteiger partial charge on any atom is -0.463 e. The van der Waals surface area contributed by atoms with Crippen LogP contribution in [0.15, 0.2) is 29.4 Å². The smallest absolute Gasteiger partial charge is 0.320 e. The lowest BCUT2D eigenvalue weighted by Crippen LogP contribution is -2.36. The molecule has 0 radical (unpaired) electrons. The van der Waals surface area contributed by atoms with Crippen LogP contribution in [0.1, 0.15) is 43.4 Å². The van der Waals surface area contributed by atoms with Crippen LogP contribution in [0.5, 0.6) is 6.01 Å². The fraction of sp³-hybridized carbons (Fsp3) is 0.522. The third-order valence-electron chi connectivity index (χ3n) is 5.49. The van der Waals surface area contributed by atoms with Gasteiger partial charge in [0.2, 0.25) is 0 Å². The quantitative estimate of drug-likeness (QED) is 0.659. The molecule has 2 aliphatic rings.